The Hall–Kier alpha value is -2.83. The Labute approximate surface area is 164 Å². The molecule has 1 aromatic carbocycles. The molecule has 2 aromatic heterocycles. The molecule has 1 amide bonds. The van der Waals surface area contributed by atoms with Crippen LogP contribution in [0.1, 0.15) is 61.4 Å². The van der Waals surface area contributed by atoms with Crippen molar-refractivity contribution >= 4 is 16.9 Å². The average Bonchev–Trinajstić information content (AvgIpc) is 3.26. The molecule has 1 atom stereocenters. The highest BCUT2D eigenvalue weighted by Gasteiger charge is 2.28. The van der Waals surface area contributed by atoms with Crippen molar-refractivity contribution in [1.29, 1.82) is 0 Å². The zero-order chi connectivity index (χ0) is 19.8. The second-order valence-electron chi connectivity index (χ2n) is 7.71. The number of aromatic amines is 1. The van der Waals surface area contributed by atoms with Crippen molar-refractivity contribution in [2.75, 3.05) is 13.1 Å². The first-order chi connectivity index (χ1) is 13.5. The average molecular weight is 381 g/mol. The molecule has 3 heterocycles. The van der Waals surface area contributed by atoms with E-state index in [9.17, 15) is 9.59 Å². The fourth-order valence-corrected chi connectivity index (χ4v) is 4.14. The molecule has 0 radical (unpaired) electrons. The Bertz CT molecular complexity index is 1050. The summed E-state index contributed by atoms with van der Waals surface area (Å²) >= 11 is 0. The second-order valence-corrected chi connectivity index (χ2v) is 7.71. The predicted molar refractivity (Wildman–Crippen MR) is 109 cm³/mol. The fourth-order valence-electron chi connectivity index (χ4n) is 4.14. The maximum Gasteiger partial charge on any atom is 0.326 e. The van der Waals surface area contributed by atoms with Crippen molar-refractivity contribution < 1.29 is 4.79 Å². The highest BCUT2D eigenvalue weighted by atomic mass is 16.2. The van der Waals surface area contributed by atoms with Crippen LogP contribution in [-0.2, 0) is 0 Å². The van der Waals surface area contributed by atoms with Crippen LogP contribution in [0.5, 0.6) is 0 Å². The number of nitrogens with zero attached hydrogens (tertiary/aromatic N) is 4. The molecule has 1 fully saturated rings. The summed E-state index contributed by atoms with van der Waals surface area (Å²) in [6.45, 7) is 7.48. The van der Waals surface area contributed by atoms with Crippen LogP contribution in [0.3, 0.4) is 0 Å². The molecule has 1 aliphatic heterocycles. The monoisotopic (exact) mass is 381 g/mol. The number of rotatable bonds is 4. The minimum Gasteiger partial charge on any atom is -0.337 e. The summed E-state index contributed by atoms with van der Waals surface area (Å²) in [6.07, 6.45) is 2.50. The van der Waals surface area contributed by atoms with Crippen molar-refractivity contribution in [3.63, 3.8) is 0 Å². The number of benzene rings is 1. The van der Waals surface area contributed by atoms with Gasteiger partial charge in [0.1, 0.15) is 0 Å². The number of carbonyl (C=O) groups excluding carboxylic acids is 1. The van der Waals surface area contributed by atoms with Gasteiger partial charge in [-0.05, 0) is 51.3 Å². The normalized spacial score (nSPS) is 16.6. The molecular weight excluding hydrogens is 354 g/mol. The maximum atomic E-state index is 12.9. The van der Waals surface area contributed by atoms with Gasteiger partial charge in [-0.15, -0.1) is 0 Å². The van der Waals surface area contributed by atoms with E-state index in [0.717, 1.165) is 36.0 Å². The molecule has 7 heteroatoms. The van der Waals surface area contributed by atoms with Crippen molar-refractivity contribution in [1.82, 2.24) is 24.2 Å². The maximum absolute atomic E-state index is 12.9. The number of para-hydroxylation sites is 2. The lowest BCUT2D eigenvalue weighted by molar-refractivity contribution is 0.0688. The number of nitrogens with one attached hydrogen (secondary N) is 1. The molecule has 0 saturated carbocycles. The van der Waals surface area contributed by atoms with Gasteiger partial charge in [0.15, 0.2) is 5.69 Å². The Morgan fingerprint density at radius 2 is 2.00 bits per heavy atom. The van der Waals surface area contributed by atoms with Crippen LogP contribution in [0.4, 0.5) is 0 Å². The molecule has 1 N–H and O–H groups in total. The number of aromatic nitrogens is 4. The van der Waals surface area contributed by atoms with Crippen LogP contribution in [0.25, 0.3) is 11.0 Å². The van der Waals surface area contributed by atoms with Gasteiger partial charge in [-0.2, -0.15) is 5.10 Å². The summed E-state index contributed by atoms with van der Waals surface area (Å²) in [4.78, 5) is 30.1. The quantitative estimate of drug-likeness (QED) is 0.753. The number of aryl methyl sites for hydroxylation is 1. The van der Waals surface area contributed by atoms with Crippen LogP contribution in [-0.4, -0.2) is 43.2 Å². The molecule has 1 saturated heterocycles. The molecule has 0 spiro atoms. The Morgan fingerprint density at radius 1 is 1.29 bits per heavy atom. The summed E-state index contributed by atoms with van der Waals surface area (Å²) in [7, 11) is 0. The number of likely N-dealkylation sites (tertiary alicyclic amines) is 1. The van der Waals surface area contributed by atoms with Gasteiger partial charge in [0, 0.05) is 30.9 Å². The summed E-state index contributed by atoms with van der Waals surface area (Å²) in [6, 6.07) is 10.0. The molecule has 28 heavy (non-hydrogen) atoms. The highest BCUT2D eigenvalue weighted by molar-refractivity contribution is 5.92. The standard InChI is InChI=1S/C21H27N5O2/c1-4-14(2)26-15(3)13-18(23-26)20(27)24-11-9-16(10-12-24)25-19-8-6-5-7-17(19)22-21(25)28/h5-8,13-14,16H,4,9-12H2,1-3H3,(H,22,28). The van der Waals surface area contributed by atoms with E-state index in [1.54, 1.807) is 0 Å². The lowest BCUT2D eigenvalue weighted by atomic mass is 10.0. The van der Waals surface area contributed by atoms with Gasteiger partial charge < -0.3 is 9.88 Å². The van der Waals surface area contributed by atoms with Gasteiger partial charge in [0.2, 0.25) is 0 Å². The van der Waals surface area contributed by atoms with Gasteiger partial charge in [-0.3, -0.25) is 14.0 Å². The Kier molecular flexibility index (Phi) is 4.83. The third-order valence-electron chi connectivity index (χ3n) is 5.89. The van der Waals surface area contributed by atoms with Crippen molar-refractivity contribution in [3.8, 4) is 0 Å². The van der Waals surface area contributed by atoms with Crippen molar-refractivity contribution in [3.05, 3.63) is 52.2 Å². The van der Waals surface area contributed by atoms with Crippen LogP contribution in [0.2, 0.25) is 0 Å². The van der Waals surface area contributed by atoms with E-state index in [0.29, 0.717) is 18.8 Å². The molecule has 148 valence electrons. The van der Waals surface area contributed by atoms with Crippen molar-refractivity contribution in [2.24, 2.45) is 0 Å². The van der Waals surface area contributed by atoms with Gasteiger partial charge >= 0.3 is 5.69 Å². The van der Waals surface area contributed by atoms with Gasteiger partial charge in [0.25, 0.3) is 5.91 Å². The minimum atomic E-state index is -0.0751. The number of imidazole rings is 1. The largest absolute Gasteiger partial charge is 0.337 e. The molecule has 0 aliphatic carbocycles. The molecule has 7 nitrogen and oxygen atoms in total. The number of amides is 1. The summed E-state index contributed by atoms with van der Waals surface area (Å²) in [5.74, 6) is -0.0186. The van der Waals surface area contributed by atoms with E-state index in [4.69, 9.17) is 0 Å². The second kappa shape index (κ2) is 7.30. The van der Waals surface area contributed by atoms with Crippen molar-refractivity contribution in [2.45, 2.75) is 52.1 Å². The topological polar surface area (TPSA) is 75.9 Å². The van der Waals surface area contributed by atoms with E-state index in [2.05, 4.69) is 23.9 Å². The van der Waals surface area contributed by atoms with Crippen LogP contribution in [0.15, 0.2) is 35.1 Å². The highest BCUT2D eigenvalue weighted by Crippen LogP contribution is 2.26. The van der Waals surface area contributed by atoms with Gasteiger partial charge in [-0.1, -0.05) is 19.1 Å². The van der Waals surface area contributed by atoms with E-state index in [1.807, 2.05) is 51.4 Å². The zero-order valence-corrected chi connectivity index (χ0v) is 16.7. The lowest BCUT2D eigenvalue weighted by Crippen LogP contribution is -2.40. The predicted octanol–water partition coefficient (Wildman–Crippen LogP) is 3.28. The molecular formula is C21H27N5O2. The van der Waals surface area contributed by atoms with E-state index >= 15 is 0 Å². The third kappa shape index (κ3) is 3.15. The third-order valence-corrected chi connectivity index (χ3v) is 5.89. The minimum absolute atomic E-state index is 0.0186. The summed E-state index contributed by atoms with van der Waals surface area (Å²) in [5.41, 5.74) is 3.24. The number of carbonyl (C=O) groups is 1. The van der Waals surface area contributed by atoms with Crippen LogP contribution < -0.4 is 5.69 Å². The first-order valence-corrected chi connectivity index (χ1v) is 10.0. The van der Waals surface area contributed by atoms with Gasteiger partial charge in [-0.25, -0.2) is 4.79 Å². The molecule has 1 unspecified atom stereocenters. The number of hydrogen-bond donors (Lipinski definition) is 1. The molecule has 0 bridgehead atoms. The van der Waals surface area contributed by atoms with Crippen LogP contribution in [0, 0.1) is 6.92 Å². The number of H-pyrrole nitrogens is 1. The van der Waals surface area contributed by atoms with E-state index in [1.165, 1.54) is 0 Å². The van der Waals surface area contributed by atoms with E-state index < -0.39 is 0 Å². The lowest BCUT2D eigenvalue weighted by Gasteiger charge is -2.32. The molecule has 4 rings (SSSR count). The SMILES string of the molecule is CCC(C)n1nc(C(=O)N2CCC(n3c(=O)[nH]c4ccccc43)CC2)cc1C. The number of hydrogen-bond acceptors (Lipinski definition) is 3. The first kappa shape index (κ1) is 18.5. The molecule has 1 aliphatic rings. The summed E-state index contributed by atoms with van der Waals surface area (Å²) < 4.78 is 3.78. The van der Waals surface area contributed by atoms with Crippen LogP contribution >= 0.6 is 0 Å². The summed E-state index contributed by atoms with van der Waals surface area (Å²) in [5, 5.41) is 4.54. The van der Waals surface area contributed by atoms with E-state index in [-0.39, 0.29) is 23.7 Å². The molecule has 3 aromatic rings. The Morgan fingerprint density at radius 3 is 2.71 bits per heavy atom. The first-order valence-electron chi connectivity index (χ1n) is 10.0. The fraction of sp³-hybridized carbons (Fsp3) is 0.476. The zero-order valence-electron chi connectivity index (χ0n) is 16.7. The number of fused-ring (bicyclic) bond motifs is 1. The smallest absolute Gasteiger partial charge is 0.326 e. The Balaban J connectivity index is 1.49. The number of piperidine rings is 1. The van der Waals surface area contributed by atoms with Gasteiger partial charge in [0.05, 0.1) is 11.0 Å².